The van der Waals surface area contributed by atoms with Gasteiger partial charge < -0.3 is 0 Å². The maximum Gasteiger partial charge on any atom is 0.384 e. The van der Waals surface area contributed by atoms with E-state index in [0.29, 0.717) is 0 Å². The van der Waals surface area contributed by atoms with Gasteiger partial charge >= 0.3 is 41.5 Å². The van der Waals surface area contributed by atoms with Gasteiger partial charge in [-0.3, -0.25) is 0 Å². The van der Waals surface area contributed by atoms with E-state index in [2.05, 4.69) is 6.92 Å². The Bertz CT molecular complexity index is 537. The molecular weight excluding hydrogens is 453 g/mol. The number of halogens is 15. The molecule has 0 aliphatic rings. The van der Waals surface area contributed by atoms with Crippen LogP contribution in [-0.4, -0.2) is 48.1 Å². The zero-order valence-corrected chi connectivity index (χ0v) is 14.0. The van der Waals surface area contributed by atoms with Crippen molar-refractivity contribution in [3.63, 3.8) is 0 Å². The maximum absolute atomic E-state index is 13.4. The van der Waals surface area contributed by atoms with Crippen molar-refractivity contribution < 1.29 is 65.9 Å². The molecular formula is C14H13F15. The van der Waals surface area contributed by atoms with Gasteiger partial charge in [-0.2, -0.15) is 61.5 Å². The molecule has 0 heterocycles. The Labute approximate surface area is 154 Å². The fraction of sp³-hybridized carbons (Fsp3) is 0.857. The third kappa shape index (κ3) is 4.23. The fourth-order valence-corrected chi connectivity index (χ4v) is 1.85. The molecule has 0 bridgehead atoms. The van der Waals surface area contributed by atoms with E-state index in [4.69, 9.17) is 0 Å². The SMILES string of the molecule is [CH2]CCCC[CH]C(F)(F)C(F)(F)C(F)(F)C(F)(F)C(F)(F)C(F)(F)C(F)(F)CF. The first-order chi connectivity index (χ1) is 12.6. The summed E-state index contributed by atoms with van der Waals surface area (Å²) in [5.41, 5.74) is 0. The largest absolute Gasteiger partial charge is 0.384 e. The summed E-state index contributed by atoms with van der Waals surface area (Å²) in [6.45, 7) is -0.568. The van der Waals surface area contributed by atoms with Gasteiger partial charge in [-0.25, -0.2) is 4.39 Å². The van der Waals surface area contributed by atoms with Crippen molar-refractivity contribution in [1.82, 2.24) is 0 Å². The van der Waals surface area contributed by atoms with Gasteiger partial charge in [0.25, 0.3) is 0 Å². The zero-order valence-electron chi connectivity index (χ0n) is 14.0. The lowest BCUT2D eigenvalue weighted by atomic mass is 9.88. The first-order valence-electron chi connectivity index (χ1n) is 7.46. The molecule has 0 saturated carbocycles. The van der Waals surface area contributed by atoms with Crippen LogP contribution < -0.4 is 0 Å². The number of rotatable bonds is 12. The highest BCUT2D eigenvalue weighted by Crippen LogP contribution is 2.62. The van der Waals surface area contributed by atoms with Crippen molar-refractivity contribution in [2.45, 2.75) is 67.1 Å². The van der Waals surface area contributed by atoms with Gasteiger partial charge in [0.05, 0.1) is 0 Å². The van der Waals surface area contributed by atoms with Crippen LogP contribution in [-0.2, 0) is 0 Å². The average Bonchev–Trinajstić information content (AvgIpc) is 2.57. The van der Waals surface area contributed by atoms with Crippen LogP contribution in [0.3, 0.4) is 0 Å². The second-order valence-electron chi connectivity index (χ2n) is 5.89. The highest BCUT2D eigenvalue weighted by Gasteiger charge is 2.92. The summed E-state index contributed by atoms with van der Waals surface area (Å²) in [6.07, 6.45) is -2.40. The quantitative estimate of drug-likeness (QED) is 0.215. The smallest absolute Gasteiger partial charge is 0.244 e. The molecule has 0 aliphatic heterocycles. The van der Waals surface area contributed by atoms with E-state index in [9.17, 15) is 65.9 Å². The molecule has 2 radical (unpaired) electrons. The molecule has 0 atom stereocenters. The first kappa shape index (κ1) is 27.9. The van der Waals surface area contributed by atoms with Gasteiger partial charge in [0.1, 0.15) is 0 Å². The van der Waals surface area contributed by atoms with E-state index < -0.39 is 67.4 Å². The van der Waals surface area contributed by atoms with Gasteiger partial charge in [-0.15, -0.1) is 0 Å². The second-order valence-corrected chi connectivity index (χ2v) is 5.89. The standard InChI is InChI=1S/C14H13F15/c1-2-3-4-5-6-8(16,17)10(20,21)12(24,25)14(28,29)13(26,27)11(22,23)9(18,19)7-15/h6H,1-5,7H2. The lowest BCUT2D eigenvalue weighted by molar-refractivity contribution is -0.439. The fourth-order valence-electron chi connectivity index (χ4n) is 1.85. The topological polar surface area (TPSA) is 0 Å². The van der Waals surface area contributed by atoms with Crippen molar-refractivity contribution >= 4 is 0 Å². The van der Waals surface area contributed by atoms with Gasteiger partial charge in [-0.1, -0.05) is 26.2 Å². The summed E-state index contributed by atoms with van der Waals surface area (Å²) in [5, 5.41) is 0. The van der Waals surface area contributed by atoms with Crippen LogP contribution in [0.2, 0.25) is 0 Å². The molecule has 0 rings (SSSR count). The van der Waals surface area contributed by atoms with Crippen LogP contribution in [0.4, 0.5) is 65.9 Å². The molecule has 0 spiro atoms. The third-order valence-electron chi connectivity index (χ3n) is 3.73. The van der Waals surface area contributed by atoms with Crippen molar-refractivity contribution in [2.75, 3.05) is 6.67 Å². The van der Waals surface area contributed by atoms with Crippen molar-refractivity contribution in [1.29, 1.82) is 0 Å². The van der Waals surface area contributed by atoms with E-state index in [-0.39, 0.29) is 12.8 Å². The molecule has 0 aromatic heterocycles. The molecule has 174 valence electrons. The minimum Gasteiger partial charge on any atom is -0.244 e. The van der Waals surface area contributed by atoms with Crippen LogP contribution in [0.1, 0.15) is 25.7 Å². The van der Waals surface area contributed by atoms with Gasteiger partial charge in [0, 0.05) is 6.42 Å². The maximum atomic E-state index is 13.4. The van der Waals surface area contributed by atoms with Crippen molar-refractivity contribution in [3.05, 3.63) is 13.3 Å². The third-order valence-corrected chi connectivity index (χ3v) is 3.73. The lowest BCUT2D eigenvalue weighted by Gasteiger charge is -2.42. The first-order valence-corrected chi connectivity index (χ1v) is 7.46. The Morgan fingerprint density at radius 3 is 1.31 bits per heavy atom. The summed E-state index contributed by atoms with van der Waals surface area (Å²) >= 11 is 0. The van der Waals surface area contributed by atoms with Crippen molar-refractivity contribution in [2.24, 2.45) is 0 Å². The molecule has 0 aromatic carbocycles. The van der Waals surface area contributed by atoms with Crippen LogP contribution in [0.25, 0.3) is 0 Å². The Kier molecular flexibility index (Phi) is 7.93. The monoisotopic (exact) mass is 466 g/mol. The number of alkyl halides is 15. The number of unbranched alkanes of at least 4 members (excludes halogenated alkanes) is 3. The minimum absolute atomic E-state index is 0.0205. The molecule has 0 fully saturated rings. The highest BCUT2D eigenvalue weighted by atomic mass is 19.4. The van der Waals surface area contributed by atoms with E-state index in [1.807, 2.05) is 0 Å². The molecule has 29 heavy (non-hydrogen) atoms. The molecule has 0 aliphatic carbocycles. The van der Waals surface area contributed by atoms with Gasteiger partial charge in [0.2, 0.25) is 0 Å². The number of hydrogen-bond donors (Lipinski definition) is 0. The average molecular weight is 466 g/mol. The summed E-state index contributed by atoms with van der Waals surface area (Å²) in [7, 11) is 0. The normalized spacial score (nSPS) is 15.7. The van der Waals surface area contributed by atoms with E-state index in [1.54, 1.807) is 0 Å². The van der Waals surface area contributed by atoms with Gasteiger partial charge in [-0.05, 0) is 6.42 Å². The highest BCUT2D eigenvalue weighted by molar-refractivity contribution is 5.15. The molecule has 0 amide bonds. The number of hydrogen-bond acceptors (Lipinski definition) is 0. The molecule has 0 N–H and O–H groups in total. The van der Waals surface area contributed by atoms with Gasteiger partial charge in [0.15, 0.2) is 6.67 Å². The second kappa shape index (κ2) is 8.23. The predicted molar refractivity (Wildman–Crippen MR) is 68.7 cm³/mol. The Morgan fingerprint density at radius 2 is 0.931 bits per heavy atom. The summed E-state index contributed by atoms with van der Waals surface area (Å²) in [5.74, 6) is -52.2. The molecule has 0 unspecified atom stereocenters. The van der Waals surface area contributed by atoms with Crippen LogP contribution in [0.15, 0.2) is 0 Å². The lowest BCUT2D eigenvalue weighted by Crippen LogP contribution is -2.73. The van der Waals surface area contributed by atoms with Crippen LogP contribution >= 0.6 is 0 Å². The summed E-state index contributed by atoms with van der Waals surface area (Å²) < 4.78 is 196. The zero-order chi connectivity index (χ0) is 23.7. The predicted octanol–water partition coefficient (Wildman–Crippen LogP) is 7.00. The Hall–Kier alpha value is -1.05. The molecule has 15 heteroatoms. The van der Waals surface area contributed by atoms with Crippen LogP contribution in [0, 0.1) is 13.3 Å². The Morgan fingerprint density at radius 1 is 0.552 bits per heavy atom. The van der Waals surface area contributed by atoms with E-state index in [0.717, 1.165) is 0 Å². The molecule has 0 aromatic rings. The summed E-state index contributed by atoms with van der Waals surface area (Å²) in [4.78, 5) is 0. The van der Waals surface area contributed by atoms with Crippen LogP contribution in [0.5, 0.6) is 0 Å². The Balaban J connectivity index is 6.17. The van der Waals surface area contributed by atoms with E-state index >= 15 is 0 Å². The molecule has 0 nitrogen and oxygen atoms in total. The minimum atomic E-state index is -8.16. The summed E-state index contributed by atoms with van der Waals surface area (Å²) in [6, 6.07) is 0. The van der Waals surface area contributed by atoms with Crippen molar-refractivity contribution in [3.8, 4) is 0 Å². The molecule has 0 saturated heterocycles. The van der Waals surface area contributed by atoms with E-state index in [1.165, 1.54) is 0 Å².